The van der Waals surface area contributed by atoms with Crippen molar-refractivity contribution in [2.45, 2.75) is 30.2 Å². The standard InChI is InChI=1S/C9H14N8O2S/c1-4(2)17-8(18)15-16-9(17)20-7-12-5(14-10)11-6(13-7)19-3/h4H,10H2,1-3H3,(H,15,18)(H,11,12,13,14). The lowest BCUT2D eigenvalue weighted by Gasteiger charge is -2.08. The van der Waals surface area contributed by atoms with E-state index >= 15 is 0 Å². The van der Waals surface area contributed by atoms with Gasteiger partial charge < -0.3 is 4.74 Å². The molecule has 0 aliphatic heterocycles. The van der Waals surface area contributed by atoms with Crippen LogP contribution in [0.2, 0.25) is 0 Å². The van der Waals surface area contributed by atoms with Crippen LogP contribution in [-0.4, -0.2) is 36.8 Å². The second-order valence-corrected chi connectivity index (χ2v) is 4.88. The highest BCUT2D eigenvalue weighted by Gasteiger charge is 2.15. The first-order valence-corrected chi connectivity index (χ1v) is 6.48. The van der Waals surface area contributed by atoms with Crippen LogP contribution in [0.15, 0.2) is 15.1 Å². The van der Waals surface area contributed by atoms with Gasteiger partial charge in [0.05, 0.1) is 7.11 Å². The molecule has 10 nitrogen and oxygen atoms in total. The summed E-state index contributed by atoms with van der Waals surface area (Å²) in [7, 11) is 1.43. The second-order valence-electron chi connectivity index (χ2n) is 3.95. The Bertz CT molecular complexity index is 629. The zero-order valence-electron chi connectivity index (χ0n) is 11.1. The summed E-state index contributed by atoms with van der Waals surface area (Å²) in [5, 5.41) is 7.09. The number of nitrogens with zero attached hydrogens (tertiary/aromatic N) is 5. The van der Waals surface area contributed by atoms with Crippen LogP contribution in [0.4, 0.5) is 5.95 Å². The summed E-state index contributed by atoms with van der Waals surface area (Å²) in [6.07, 6.45) is 0. The fraction of sp³-hybridized carbons (Fsp3) is 0.444. The molecule has 0 unspecified atom stereocenters. The molecule has 0 saturated heterocycles. The normalized spacial score (nSPS) is 10.8. The van der Waals surface area contributed by atoms with Gasteiger partial charge >= 0.3 is 11.7 Å². The van der Waals surface area contributed by atoms with Gasteiger partial charge in [-0.1, -0.05) is 0 Å². The number of hydrazine groups is 1. The van der Waals surface area contributed by atoms with Crippen molar-refractivity contribution in [3.05, 3.63) is 10.5 Å². The van der Waals surface area contributed by atoms with Crippen LogP contribution >= 0.6 is 11.8 Å². The number of nitrogen functional groups attached to an aromatic ring is 1. The van der Waals surface area contributed by atoms with Crippen molar-refractivity contribution >= 4 is 17.7 Å². The van der Waals surface area contributed by atoms with E-state index in [9.17, 15) is 4.79 Å². The minimum Gasteiger partial charge on any atom is -0.467 e. The highest BCUT2D eigenvalue weighted by Crippen LogP contribution is 2.25. The van der Waals surface area contributed by atoms with E-state index in [0.717, 1.165) is 11.8 Å². The summed E-state index contributed by atoms with van der Waals surface area (Å²) in [5.74, 6) is 5.43. The van der Waals surface area contributed by atoms with Gasteiger partial charge in [0.1, 0.15) is 0 Å². The molecule has 2 aromatic heterocycles. The molecule has 2 aromatic rings. The lowest BCUT2D eigenvalue weighted by Crippen LogP contribution is -2.19. The van der Waals surface area contributed by atoms with Crippen molar-refractivity contribution in [1.82, 2.24) is 29.7 Å². The van der Waals surface area contributed by atoms with Gasteiger partial charge in [-0.15, -0.1) is 5.10 Å². The Morgan fingerprint density at radius 3 is 2.75 bits per heavy atom. The van der Waals surface area contributed by atoms with Crippen molar-refractivity contribution in [3.8, 4) is 6.01 Å². The van der Waals surface area contributed by atoms with E-state index in [1.165, 1.54) is 11.7 Å². The number of anilines is 1. The number of ether oxygens (including phenoxy) is 1. The van der Waals surface area contributed by atoms with Gasteiger partial charge in [0, 0.05) is 6.04 Å². The molecule has 2 heterocycles. The number of methoxy groups -OCH3 is 1. The van der Waals surface area contributed by atoms with Gasteiger partial charge in [0.25, 0.3) is 0 Å². The van der Waals surface area contributed by atoms with E-state index < -0.39 is 0 Å². The zero-order chi connectivity index (χ0) is 14.7. The zero-order valence-corrected chi connectivity index (χ0v) is 11.9. The van der Waals surface area contributed by atoms with Gasteiger partial charge in [-0.05, 0) is 25.6 Å². The molecule has 0 spiro atoms. The molecular formula is C9H14N8O2S. The topological polar surface area (TPSA) is 137 Å². The highest BCUT2D eigenvalue weighted by molar-refractivity contribution is 7.99. The SMILES string of the molecule is COc1nc(NN)nc(Sc2n[nH]c(=O)n2C(C)C)n1. The second kappa shape index (κ2) is 5.88. The lowest BCUT2D eigenvalue weighted by molar-refractivity contribution is 0.373. The molecule has 0 atom stereocenters. The monoisotopic (exact) mass is 298 g/mol. The Labute approximate surface area is 118 Å². The number of H-pyrrole nitrogens is 1. The van der Waals surface area contributed by atoms with Crippen molar-refractivity contribution in [2.75, 3.05) is 12.5 Å². The molecule has 0 amide bonds. The average Bonchev–Trinajstić information content (AvgIpc) is 2.79. The predicted molar refractivity (Wildman–Crippen MR) is 71.5 cm³/mol. The van der Waals surface area contributed by atoms with Crippen LogP contribution in [0.5, 0.6) is 6.01 Å². The summed E-state index contributed by atoms with van der Waals surface area (Å²) in [5.41, 5.74) is 2.03. The number of nitrogens with two attached hydrogens (primary N) is 1. The number of aromatic nitrogens is 6. The first kappa shape index (κ1) is 14.3. The van der Waals surface area contributed by atoms with Gasteiger partial charge in [-0.3, -0.25) is 9.99 Å². The molecule has 0 fully saturated rings. The summed E-state index contributed by atoms with van der Waals surface area (Å²) in [4.78, 5) is 23.6. The Kier molecular flexibility index (Phi) is 4.20. The van der Waals surface area contributed by atoms with Crippen molar-refractivity contribution in [2.24, 2.45) is 5.84 Å². The van der Waals surface area contributed by atoms with Gasteiger partial charge in [-0.25, -0.2) is 15.7 Å². The first-order valence-electron chi connectivity index (χ1n) is 5.66. The number of hydrogen-bond donors (Lipinski definition) is 3. The van der Waals surface area contributed by atoms with E-state index in [-0.39, 0.29) is 23.7 Å². The third-order valence-corrected chi connectivity index (χ3v) is 3.11. The molecule has 0 aliphatic carbocycles. The highest BCUT2D eigenvalue weighted by atomic mass is 32.2. The minimum absolute atomic E-state index is 0.0420. The molecule has 0 radical (unpaired) electrons. The first-order chi connectivity index (χ1) is 9.55. The molecule has 0 saturated carbocycles. The predicted octanol–water partition coefficient (Wildman–Crippen LogP) is -0.217. The lowest BCUT2D eigenvalue weighted by atomic mass is 10.4. The summed E-state index contributed by atoms with van der Waals surface area (Å²) in [6.45, 7) is 3.75. The number of rotatable bonds is 5. The van der Waals surface area contributed by atoms with Crippen molar-refractivity contribution in [1.29, 1.82) is 0 Å². The van der Waals surface area contributed by atoms with Crippen LogP contribution < -0.4 is 21.7 Å². The largest absolute Gasteiger partial charge is 0.467 e. The molecule has 11 heteroatoms. The molecule has 2 rings (SSSR count). The van der Waals surface area contributed by atoms with Crippen LogP contribution in [0.1, 0.15) is 19.9 Å². The maximum Gasteiger partial charge on any atom is 0.344 e. The van der Waals surface area contributed by atoms with Gasteiger partial charge in [0.15, 0.2) is 5.16 Å². The Balaban J connectivity index is 2.37. The van der Waals surface area contributed by atoms with E-state index in [4.69, 9.17) is 10.6 Å². The molecule has 4 N–H and O–H groups in total. The molecule has 0 bridgehead atoms. The van der Waals surface area contributed by atoms with Crippen LogP contribution in [-0.2, 0) is 0 Å². The molecular weight excluding hydrogens is 284 g/mol. The summed E-state index contributed by atoms with van der Waals surface area (Å²) in [6, 6.07) is 0.0732. The van der Waals surface area contributed by atoms with E-state index in [2.05, 4.69) is 30.6 Å². The van der Waals surface area contributed by atoms with Crippen LogP contribution in [0, 0.1) is 0 Å². The molecule has 0 aromatic carbocycles. The Morgan fingerprint density at radius 1 is 1.40 bits per heavy atom. The van der Waals surface area contributed by atoms with E-state index in [0.29, 0.717) is 10.3 Å². The molecule has 108 valence electrons. The van der Waals surface area contributed by atoms with Gasteiger partial charge in [0.2, 0.25) is 11.1 Å². The molecule has 0 aliphatic rings. The smallest absolute Gasteiger partial charge is 0.344 e. The Hall–Kier alpha value is -2.14. The van der Waals surface area contributed by atoms with E-state index in [1.54, 1.807) is 0 Å². The average molecular weight is 298 g/mol. The Morgan fingerprint density at radius 2 is 2.15 bits per heavy atom. The fourth-order valence-corrected chi connectivity index (χ4v) is 2.34. The third-order valence-electron chi connectivity index (χ3n) is 2.28. The van der Waals surface area contributed by atoms with Crippen LogP contribution in [0.3, 0.4) is 0 Å². The van der Waals surface area contributed by atoms with E-state index in [1.807, 2.05) is 13.8 Å². The number of hydrogen-bond acceptors (Lipinski definition) is 9. The number of nitrogens with one attached hydrogen (secondary N) is 2. The number of aromatic amines is 1. The fourth-order valence-electron chi connectivity index (χ4n) is 1.44. The minimum atomic E-state index is -0.291. The van der Waals surface area contributed by atoms with Crippen LogP contribution in [0.25, 0.3) is 0 Å². The third kappa shape index (κ3) is 2.88. The quantitative estimate of drug-likeness (QED) is 0.505. The van der Waals surface area contributed by atoms with Crippen molar-refractivity contribution < 1.29 is 4.74 Å². The van der Waals surface area contributed by atoms with Gasteiger partial charge in [-0.2, -0.15) is 15.0 Å². The summed E-state index contributed by atoms with van der Waals surface area (Å²) < 4.78 is 6.45. The summed E-state index contributed by atoms with van der Waals surface area (Å²) >= 11 is 1.11. The maximum absolute atomic E-state index is 11.6. The maximum atomic E-state index is 11.6. The van der Waals surface area contributed by atoms with Crippen molar-refractivity contribution in [3.63, 3.8) is 0 Å². The molecule has 20 heavy (non-hydrogen) atoms.